The lowest BCUT2D eigenvalue weighted by Crippen LogP contribution is -2.31. The molecule has 0 aliphatic heterocycles. The summed E-state index contributed by atoms with van der Waals surface area (Å²) in [5.74, 6) is -0.374. The third-order valence-corrected chi connectivity index (χ3v) is 3.74. The molecule has 0 aliphatic rings. The molecular formula is C15H13FINO. The van der Waals surface area contributed by atoms with Gasteiger partial charge in [-0.15, -0.1) is 0 Å². The molecule has 0 aliphatic carbocycles. The molecule has 1 amide bonds. The minimum absolute atomic E-state index is 0.0703. The van der Waals surface area contributed by atoms with Gasteiger partial charge in [0.05, 0.1) is 5.56 Å². The van der Waals surface area contributed by atoms with Crippen molar-refractivity contribution < 1.29 is 9.18 Å². The Morgan fingerprint density at radius 2 is 1.79 bits per heavy atom. The Balaban J connectivity index is 2.35. The number of amides is 1. The summed E-state index contributed by atoms with van der Waals surface area (Å²) in [7, 11) is 0. The summed E-state index contributed by atoms with van der Waals surface area (Å²) < 4.78 is 13.8. The van der Waals surface area contributed by atoms with Crippen molar-refractivity contribution in [3.05, 3.63) is 63.5 Å². The first kappa shape index (κ1) is 14.0. The molecule has 0 unspecified atom stereocenters. The Morgan fingerprint density at radius 1 is 1.16 bits per heavy atom. The van der Waals surface area contributed by atoms with Crippen LogP contribution in [0, 0.1) is 9.39 Å². The fourth-order valence-corrected chi connectivity index (χ4v) is 2.46. The smallest absolute Gasteiger partial charge is 0.259 e. The summed E-state index contributed by atoms with van der Waals surface area (Å²) in [6, 6.07) is 13.4. The Hall–Kier alpha value is -1.43. The summed E-state index contributed by atoms with van der Waals surface area (Å²) in [6.45, 7) is 2.44. The highest BCUT2D eigenvalue weighted by Gasteiger charge is 2.17. The van der Waals surface area contributed by atoms with Crippen molar-refractivity contribution in [2.24, 2.45) is 0 Å². The van der Waals surface area contributed by atoms with Crippen molar-refractivity contribution >= 4 is 34.2 Å². The van der Waals surface area contributed by atoms with Gasteiger partial charge in [0.2, 0.25) is 0 Å². The molecule has 19 heavy (non-hydrogen) atoms. The number of halogens is 2. The maximum absolute atomic E-state index is 12.9. The van der Waals surface area contributed by atoms with Gasteiger partial charge in [-0.25, -0.2) is 4.39 Å². The molecule has 0 saturated heterocycles. The van der Waals surface area contributed by atoms with Gasteiger partial charge < -0.3 is 4.90 Å². The molecule has 98 valence electrons. The highest BCUT2D eigenvalue weighted by Crippen LogP contribution is 2.20. The summed E-state index contributed by atoms with van der Waals surface area (Å²) in [5, 5.41) is 0. The van der Waals surface area contributed by atoms with E-state index in [-0.39, 0.29) is 11.7 Å². The normalized spacial score (nSPS) is 10.3. The van der Waals surface area contributed by atoms with E-state index in [9.17, 15) is 9.18 Å². The highest BCUT2D eigenvalue weighted by molar-refractivity contribution is 14.1. The Bertz CT molecular complexity index is 583. The Morgan fingerprint density at radius 3 is 2.37 bits per heavy atom. The molecule has 4 heteroatoms. The van der Waals surface area contributed by atoms with E-state index in [0.717, 1.165) is 3.57 Å². The molecule has 2 aromatic rings. The van der Waals surface area contributed by atoms with Crippen molar-refractivity contribution in [1.82, 2.24) is 0 Å². The van der Waals surface area contributed by atoms with Crippen molar-refractivity contribution in [3.8, 4) is 0 Å². The molecular weight excluding hydrogens is 356 g/mol. The summed E-state index contributed by atoms with van der Waals surface area (Å²) in [6.07, 6.45) is 0. The molecule has 0 fully saturated rings. The third-order valence-electron chi connectivity index (χ3n) is 2.80. The van der Waals surface area contributed by atoms with Gasteiger partial charge in [-0.05, 0) is 65.9 Å². The standard InChI is InChI=1S/C15H13FINO/c1-2-18(12-9-7-11(16)8-10-12)15(19)13-5-3-4-6-14(13)17/h3-10H,2H2,1H3. The fourth-order valence-electron chi connectivity index (χ4n) is 1.84. The van der Waals surface area contributed by atoms with E-state index < -0.39 is 0 Å². The van der Waals surface area contributed by atoms with Crippen LogP contribution < -0.4 is 4.90 Å². The molecule has 0 aromatic heterocycles. The van der Waals surface area contributed by atoms with Gasteiger partial charge in [0.25, 0.3) is 5.91 Å². The zero-order valence-electron chi connectivity index (χ0n) is 10.4. The largest absolute Gasteiger partial charge is 0.309 e. The molecule has 0 atom stereocenters. The van der Waals surface area contributed by atoms with E-state index in [4.69, 9.17) is 0 Å². The topological polar surface area (TPSA) is 20.3 Å². The zero-order valence-corrected chi connectivity index (χ0v) is 12.6. The Kier molecular flexibility index (Phi) is 4.52. The van der Waals surface area contributed by atoms with Crippen LogP contribution in [-0.4, -0.2) is 12.5 Å². The lowest BCUT2D eigenvalue weighted by molar-refractivity contribution is 0.0987. The van der Waals surface area contributed by atoms with Crippen LogP contribution in [0.5, 0.6) is 0 Å². The van der Waals surface area contributed by atoms with Crippen molar-refractivity contribution in [1.29, 1.82) is 0 Å². The molecule has 0 saturated carbocycles. The van der Waals surface area contributed by atoms with E-state index in [2.05, 4.69) is 22.6 Å². The number of benzene rings is 2. The quantitative estimate of drug-likeness (QED) is 0.747. The number of hydrogen-bond acceptors (Lipinski definition) is 1. The molecule has 2 aromatic carbocycles. The van der Waals surface area contributed by atoms with E-state index >= 15 is 0 Å². The highest BCUT2D eigenvalue weighted by atomic mass is 127. The van der Waals surface area contributed by atoms with Crippen LogP contribution in [-0.2, 0) is 0 Å². The predicted octanol–water partition coefficient (Wildman–Crippen LogP) is 4.10. The SMILES string of the molecule is CCN(C(=O)c1ccccc1I)c1ccc(F)cc1. The number of anilines is 1. The van der Waals surface area contributed by atoms with Crippen LogP contribution in [0.1, 0.15) is 17.3 Å². The summed E-state index contributed by atoms with van der Waals surface area (Å²) in [5.41, 5.74) is 1.36. The second kappa shape index (κ2) is 6.14. The average molecular weight is 369 g/mol. The monoisotopic (exact) mass is 369 g/mol. The number of carbonyl (C=O) groups excluding carboxylic acids is 1. The van der Waals surface area contributed by atoms with Crippen LogP contribution in [0.15, 0.2) is 48.5 Å². The van der Waals surface area contributed by atoms with Gasteiger partial charge in [0.15, 0.2) is 0 Å². The molecule has 0 heterocycles. The second-order valence-corrected chi connectivity index (χ2v) is 5.17. The minimum atomic E-state index is -0.304. The van der Waals surface area contributed by atoms with Crippen LogP contribution in [0.25, 0.3) is 0 Å². The first-order chi connectivity index (χ1) is 9.13. The van der Waals surface area contributed by atoms with Gasteiger partial charge in [0, 0.05) is 15.8 Å². The molecule has 2 nitrogen and oxygen atoms in total. The second-order valence-electron chi connectivity index (χ2n) is 4.01. The van der Waals surface area contributed by atoms with Gasteiger partial charge >= 0.3 is 0 Å². The molecule has 0 bridgehead atoms. The van der Waals surface area contributed by atoms with Crippen LogP contribution in [0.4, 0.5) is 10.1 Å². The number of nitrogens with zero attached hydrogens (tertiary/aromatic N) is 1. The van der Waals surface area contributed by atoms with Crippen LogP contribution in [0.3, 0.4) is 0 Å². The van der Waals surface area contributed by atoms with Gasteiger partial charge in [-0.1, -0.05) is 12.1 Å². The lowest BCUT2D eigenvalue weighted by atomic mass is 10.2. The molecule has 0 N–H and O–H groups in total. The van der Waals surface area contributed by atoms with Crippen molar-refractivity contribution in [2.45, 2.75) is 6.92 Å². The predicted molar refractivity (Wildman–Crippen MR) is 82.9 cm³/mol. The summed E-state index contributed by atoms with van der Waals surface area (Å²) in [4.78, 5) is 14.1. The van der Waals surface area contributed by atoms with Crippen molar-refractivity contribution in [2.75, 3.05) is 11.4 Å². The molecule has 0 spiro atoms. The molecule has 2 rings (SSSR count). The molecule has 0 radical (unpaired) electrons. The van der Waals surface area contributed by atoms with E-state index in [1.807, 2.05) is 25.1 Å². The first-order valence-electron chi connectivity index (χ1n) is 5.95. The van der Waals surface area contributed by atoms with E-state index in [0.29, 0.717) is 17.8 Å². The summed E-state index contributed by atoms with van der Waals surface area (Å²) >= 11 is 2.14. The van der Waals surface area contributed by atoms with Crippen LogP contribution >= 0.6 is 22.6 Å². The zero-order chi connectivity index (χ0) is 13.8. The third kappa shape index (κ3) is 3.12. The van der Waals surface area contributed by atoms with Gasteiger partial charge in [-0.3, -0.25) is 4.79 Å². The van der Waals surface area contributed by atoms with E-state index in [1.54, 1.807) is 23.1 Å². The maximum atomic E-state index is 12.9. The van der Waals surface area contributed by atoms with Crippen molar-refractivity contribution in [3.63, 3.8) is 0 Å². The number of carbonyl (C=O) groups is 1. The lowest BCUT2D eigenvalue weighted by Gasteiger charge is -2.21. The first-order valence-corrected chi connectivity index (χ1v) is 7.03. The van der Waals surface area contributed by atoms with E-state index in [1.165, 1.54) is 12.1 Å². The number of hydrogen-bond donors (Lipinski definition) is 0. The maximum Gasteiger partial charge on any atom is 0.259 e. The number of rotatable bonds is 3. The average Bonchev–Trinajstić information content (AvgIpc) is 2.42. The van der Waals surface area contributed by atoms with Gasteiger partial charge in [-0.2, -0.15) is 0 Å². The fraction of sp³-hybridized carbons (Fsp3) is 0.133. The minimum Gasteiger partial charge on any atom is -0.309 e. The van der Waals surface area contributed by atoms with Crippen LogP contribution in [0.2, 0.25) is 0 Å². The Labute approximate surface area is 125 Å². The van der Waals surface area contributed by atoms with Gasteiger partial charge in [0.1, 0.15) is 5.82 Å².